The Labute approximate surface area is 113 Å². The number of hydrogen-bond acceptors (Lipinski definition) is 3. The molecule has 1 aromatic rings. The van der Waals surface area contributed by atoms with Crippen molar-refractivity contribution >= 4 is 5.91 Å². The Balaban J connectivity index is 2.44. The van der Waals surface area contributed by atoms with E-state index in [4.69, 9.17) is 5.73 Å². The van der Waals surface area contributed by atoms with Gasteiger partial charge in [-0.2, -0.15) is 0 Å². The van der Waals surface area contributed by atoms with Crippen LogP contribution in [0.3, 0.4) is 0 Å². The summed E-state index contributed by atoms with van der Waals surface area (Å²) in [7, 11) is 2.05. The van der Waals surface area contributed by atoms with Crippen molar-refractivity contribution in [3.63, 3.8) is 0 Å². The average Bonchev–Trinajstić information content (AvgIpc) is 2.35. The predicted molar refractivity (Wildman–Crippen MR) is 74.4 cm³/mol. The van der Waals surface area contributed by atoms with Gasteiger partial charge in [-0.05, 0) is 33.0 Å². The quantitative estimate of drug-likeness (QED) is 0.733. The van der Waals surface area contributed by atoms with E-state index in [1.807, 2.05) is 0 Å². The van der Waals surface area contributed by atoms with E-state index in [9.17, 15) is 9.18 Å². The van der Waals surface area contributed by atoms with Crippen LogP contribution >= 0.6 is 0 Å². The molecule has 0 fully saturated rings. The second kappa shape index (κ2) is 7.21. The first-order valence-electron chi connectivity index (χ1n) is 6.41. The van der Waals surface area contributed by atoms with Gasteiger partial charge in [0, 0.05) is 36.8 Å². The van der Waals surface area contributed by atoms with E-state index in [2.05, 4.69) is 31.1 Å². The van der Waals surface area contributed by atoms with E-state index in [-0.39, 0.29) is 5.56 Å². The molecule has 0 atom stereocenters. The molecule has 106 valence electrons. The van der Waals surface area contributed by atoms with Crippen LogP contribution < -0.4 is 11.1 Å². The van der Waals surface area contributed by atoms with Crippen LogP contribution in [0.25, 0.3) is 0 Å². The van der Waals surface area contributed by atoms with Crippen molar-refractivity contribution in [3.05, 3.63) is 35.1 Å². The van der Waals surface area contributed by atoms with Crippen molar-refractivity contribution in [1.29, 1.82) is 0 Å². The van der Waals surface area contributed by atoms with Gasteiger partial charge in [0.05, 0.1) is 0 Å². The van der Waals surface area contributed by atoms with Crippen LogP contribution in [0.15, 0.2) is 18.2 Å². The third-order valence-corrected chi connectivity index (χ3v) is 3.18. The molecule has 0 aliphatic rings. The molecule has 4 nitrogen and oxygen atoms in total. The first kappa shape index (κ1) is 15.6. The maximum Gasteiger partial charge on any atom is 0.248 e. The van der Waals surface area contributed by atoms with Crippen molar-refractivity contribution in [3.8, 4) is 0 Å². The molecule has 3 N–H and O–H groups in total. The molecule has 0 unspecified atom stereocenters. The van der Waals surface area contributed by atoms with E-state index in [1.54, 1.807) is 12.1 Å². The first-order chi connectivity index (χ1) is 8.91. The normalized spacial score (nSPS) is 11.3. The Hall–Kier alpha value is -1.46. The molecule has 1 amide bonds. The summed E-state index contributed by atoms with van der Waals surface area (Å²) in [6, 6.07) is 4.81. The number of nitrogens with one attached hydrogen (secondary N) is 1. The van der Waals surface area contributed by atoms with Crippen molar-refractivity contribution in [2.75, 3.05) is 20.1 Å². The first-order valence-corrected chi connectivity index (χ1v) is 6.41. The Kier molecular flexibility index (Phi) is 5.92. The van der Waals surface area contributed by atoms with E-state index in [1.165, 1.54) is 6.07 Å². The van der Waals surface area contributed by atoms with E-state index >= 15 is 0 Å². The highest BCUT2D eigenvalue weighted by Gasteiger charge is 2.07. The third kappa shape index (κ3) is 4.96. The van der Waals surface area contributed by atoms with E-state index < -0.39 is 11.7 Å². The molecule has 0 aliphatic heterocycles. The number of carbonyl (C=O) groups excluding carboxylic acids is 1. The minimum atomic E-state index is -0.614. The lowest BCUT2D eigenvalue weighted by molar-refractivity contribution is 0.1000. The number of primary amides is 1. The van der Waals surface area contributed by atoms with Gasteiger partial charge in [-0.25, -0.2) is 4.39 Å². The van der Waals surface area contributed by atoms with Gasteiger partial charge in [0.15, 0.2) is 0 Å². The van der Waals surface area contributed by atoms with Crippen LogP contribution in [0.2, 0.25) is 0 Å². The molecule has 19 heavy (non-hydrogen) atoms. The molecule has 0 radical (unpaired) electrons. The number of carbonyl (C=O) groups is 1. The van der Waals surface area contributed by atoms with Gasteiger partial charge in [0.25, 0.3) is 0 Å². The third-order valence-electron chi connectivity index (χ3n) is 3.18. The van der Waals surface area contributed by atoms with E-state index in [0.29, 0.717) is 18.2 Å². The van der Waals surface area contributed by atoms with Crippen LogP contribution in [0.5, 0.6) is 0 Å². The SMILES string of the molecule is CC(C)N(C)CCNCc1ccc(C(N)=O)cc1F. The molecule has 1 rings (SSSR count). The van der Waals surface area contributed by atoms with Crippen LogP contribution in [0.4, 0.5) is 4.39 Å². The summed E-state index contributed by atoms with van der Waals surface area (Å²) in [5.41, 5.74) is 5.82. The van der Waals surface area contributed by atoms with Crippen LogP contribution in [0, 0.1) is 5.82 Å². The Morgan fingerprint density at radius 3 is 2.68 bits per heavy atom. The fourth-order valence-corrected chi connectivity index (χ4v) is 1.58. The maximum absolute atomic E-state index is 13.7. The lowest BCUT2D eigenvalue weighted by Crippen LogP contribution is -2.33. The van der Waals surface area contributed by atoms with Gasteiger partial charge >= 0.3 is 0 Å². The molecule has 0 aliphatic carbocycles. The highest BCUT2D eigenvalue weighted by atomic mass is 19.1. The molecule has 1 aromatic carbocycles. The summed E-state index contributed by atoms with van der Waals surface area (Å²) < 4.78 is 13.7. The van der Waals surface area contributed by atoms with Gasteiger partial charge < -0.3 is 16.0 Å². The number of benzene rings is 1. The fraction of sp³-hybridized carbons (Fsp3) is 0.500. The topological polar surface area (TPSA) is 58.4 Å². The standard InChI is InChI=1S/C14H22FN3O/c1-10(2)18(3)7-6-17-9-12-5-4-11(14(16)19)8-13(12)15/h4-5,8,10,17H,6-7,9H2,1-3H3,(H2,16,19). The average molecular weight is 267 g/mol. The Morgan fingerprint density at radius 1 is 1.47 bits per heavy atom. The van der Waals surface area contributed by atoms with Crippen molar-refractivity contribution in [2.24, 2.45) is 5.73 Å². The molecule has 0 saturated carbocycles. The van der Waals surface area contributed by atoms with Crippen molar-refractivity contribution in [2.45, 2.75) is 26.4 Å². The summed E-state index contributed by atoms with van der Waals surface area (Å²) in [4.78, 5) is 13.1. The molecule has 0 bridgehead atoms. The molecule has 0 heterocycles. The zero-order chi connectivity index (χ0) is 14.4. The summed E-state index contributed by atoms with van der Waals surface area (Å²) >= 11 is 0. The van der Waals surface area contributed by atoms with Gasteiger partial charge in [-0.3, -0.25) is 4.79 Å². The summed E-state index contributed by atoms with van der Waals surface area (Å²) in [6.07, 6.45) is 0. The Bertz CT molecular complexity index is 435. The van der Waals surface area contributed by atoms with Crippen LogP contribution in [0.1, 0.15) is 29.8 Å². The monoisotopic (exact) mass is 267 g/mol. The number of amides is 1. The summed E-state index contributed by atoms with van der Waals surface area (Å²) in [5, 5.41) is 3.18. The molecular weight excluding hydrogens is 245 g/mol. The van der Waals surface area contributed by atoms with E-state index in [0.717, 1.165) is 13.1 Å². The number of nitrogens with two attached hydrogens (primary N) is 1. The highest BCUT2D eigenvalue weighted by molar-refractivity contribution is 5.92. The van der Waals surface area contributed by atoms with Crippen LogP contribution in [-0.2, 0) is 6.54 Å². The smallest absolute Gasteiger partial charge is 0.248 e. The molecule has 0 spiro atoms. The summed E-state index contributed by atoms with van der Waals surface area (Å²) in [5.74, 6) is -1.02. The predicted octanol–water partition coefficient (Wildman–Crippen LogP) is 1.35. The lowest BCUT2D eigenvalue weighted by Gasteiger charge is -2.21. The second-order valence-corrected chi connectivity index (χ2v) is 4.92. The molecule has 0 aromatic heterocycles. The number of likely N-dealkylation sites (N-methyl/N-ethyl adjacent to an activating group) is 1. The largest absolute Gasteiger partial charge is 0.366 e. The number of halogens is 1. The number of nitrogens with zero attached hydrogens (tertiary/aromatic N) is 1. The van der Waals surface area contributed by atoms with Crippen molar-refractivity contribution < 1.29 is 9.18 Å². The number of rotatable bonds is 7. The zero-order valence-electron chi connectivity index (χ0n) is 11.7. The summed E-state index contributed by atoms with van der Waals surface area (Å²) in [6.45, 7) is 6.38. The molecular formula is C14H22FN3O. The van der Waals surface area contributed by atoms with Gasteiger partial charge in [-0.1, -0.05) is 6.07 Å². The van der Waals surface area contributed by atoms with Gasteiger partial charge in [0.2, 0.25) is 5.91 Å². The zero-order valence-corrected chi connectivity index (χ0v) is 11.7. The highest BCUT2D eigenvalue weighted by Crippen LogP contribution is 2.10. The van der Waals surface area contributed by atoms with Crippen LogP contribution in [-0.4, -0.2) is 37.0 Å². The fourth-order valence-electron chi connectivity index (χ4n) is 1.58. The second-order valence-electron chi connectivity index (χ2n) is 4.92. The lowest BCUT2D eigenvalue weighted by atomic mass is 10.1. The minimum Gasteiger partial charge on any atom is -0.366 e. The minimum absolute atomic E-state index is 0.195. The Morgan fingerprint density at radius 2 is 2.16 bits per heavy atom. The molecule has 0 saturated heterocycles. The van der Waals surface area contributed by atoms with Crippen molar-refractivity contribution in [1.82, 2.24) is 10.2 Å². The van der Waals surface area contributed by atoms with Gasteiger partial charge in [0.1, 0.15) is 5.82 Å². The van der Waals surface area contributed by atoms with Gasteiger partial charge in [-0.15, -0.1) is 0 Å². The molecule has 5 heteroatoms. The number of hydrogen-bond donors (Lipinski definition) is 2. The maximum atomic E-state index is 13.7.